The molecule has 2 aromatic rings. The number of aryl methyl sites for hydroxylation is 1. The van der Waals surface area contributed by atoms with E-state index in [4.69, 9.17) is 4.74 Å². The van der Waals surface area contributed by atoms with Crippen molar-refractivity contribution in [3.8, 4) is 5.75 Å². The maximum Gasteiger partial charge on any atom is 0.295 e. The second-order valence-electron chi connectivity index (χ2n) is 8.11. The number of ether oxygens (including phenoxy) is 1. The van der Waals surface area contributed by atoms with Crippen molar-refractivity contribution in [2.45, 2.75) is 26.3 Å². The molecular weight excluding hydrogens is 472 g/mol. The highest BCUT2D eigenvalue weighted by Crippen LogP contribution is 2.40. The first-order chi connectivity index (χ1) is 15.2. The molecule has 0 saturated carbocycles. The van der Waals surface area contributed by atoms with Crippen molar-refractivity contribution < 1.29 is 19.4 Å². The van der Waals surface area contributed by atoms with E-state index in [0.29, 0.717) is 18.7 Å². The van der Waals surface area contributed by atoms with Crippen molar-refractivity contribution in [1.82, 2.24) is 9.80 Å². The van der Waals surface area contributed by atoms with E-state index in [1.165, 1.54) is 0 Å². The molecule has 1 saturated heterocycles. The molecule has 1 unspecified atom stereocenters. The molecule has 170 valence electrons. The van der Waals surface area contributed by atoms with Crippen LogP contribution >= 0.6 is 15.9 Å². The molecule has 1 fully saturated rings. The number of carbonyl (C=O) groups is 2. The van der Waals surface area contributed by atoms with E-state index in [9.17, 15) is 14.7 Å². The van der Waals surface area contributed by atoms with Gasteiger partial charge in [0.05, 0.1) is 18.2 Å². The topological polar surface area (TPSA) is 70.1 Å². The smallest absolute Gasteiger partial charge is 0.295 e. The fourth-order valence-corrected chi connectivity index (χ4v) is 4.19. The SMILES string of the molecule is CCOc1ccc(/C(O)=C2\C(=O)C(=O)N(CCCN(C)C)C2c2ccc(Br)cc2)cc1C. The molecule has 0 radical (unpaired) electrons. The highest BCUT2D eigenvalue weighted by Gasteiger charge is 2.45. The minimum atomic E-state index is -0.660. The lowest BCUT2D eigenvalue weighted by atomic mass is 9.95. The Balaban J connectivity index is 2.08. The number of halogens is 1. The summed E-state index contributed by atoms with van der Waals surface area (Å²) in [4.78, 5) is 29.7. The third-order valence-corrected chi connectivity index (χ3v) is 6.01. The number of rotatable bonds is 8. The van der Waals surface area contributed by atoms with E-state index in [1.807, 2.05) is 57.1 Å². The van der Waals surface area contributed by atoms with Crippen LogP contribution in [0.3, 0.4) is 0 Å². The Kier molecular flexibility index (Phi) is 7.74. The zero-order chi connectivity index (χ0) is 23.4. The maximum atomic E-state index is 13.1. The number of aliphatic hydroxyl groups is 1. The molecule has 0 aromatic heterocycles. The molecule has 1 heterocycles. The minimum Gasteiger partial charge on any atom is -0.507 e. The molecule has 0 bridgehead atoms. The number of aliphatic hydroxyl groups excluding tert-OH is 1. The number of carbonyl (C=O) groups excluding carboxylic acids is 2. The molecule has 0 spiro atoms. The molecule has 1 amide bonds. The second kappa shape index (κ2) is 10.3. The quantitative estimate of drug-likeness (QED) is 0.327. The summed E-state index contributed by atoms with van der Waals surface area (Å²) in [6, 6.07) is 12.1. The predicted octanol–water partition coefficient (Wildman–Crippen LogP) is 4.53. The number of benzene rings is 2. The summed E-state index contributed by atoms with van der Waals surface area (Å²) >= 11 is 3.43. The Labute approximate surface area is 197 Å². The van der Waals surface area contributed by atoms with Crippen LogP contribution in [0.15, 0.2) is 52.5 Å². The number of hydrogen-bond donors (Lipinski definition) is 1. The van der Waals surface area contributed by atoms with Gasteiger partial charge in [0.1, 0.15) is 11.5 Å². The summed E-state index contributed by atoms with van der Waals surface area (Å²) < 4.78 is 6.48. The van der Waals surface area contributed by atoms with Crippen molar-refractivity contribution in [3.05, 3.63) is 69.2 Å². The third-order valence-electron chi connectivity index (χ3n) is 5.48. The minimum absolute atomic E-state index is 0.116. The van der Waals surface area contributed by atoms with Gasteiger partial charge in [-0.25, -0.2) is 0 Å². The molecule has 1 atom stereocenters. The van der Waals surface area contributed by atoms with Crippen LogP contribution < -0.4 is 4.74 Å². The Morgan fingerprint density at radius 2 is 1.84 bits per heavy atom. The molecule has 1 aliphatic heterocycles. The first kappa shape index (κ1) is 24.0. The van der Waals surface area contributed by atoms with Crippen LogP contribution in [-0.4, -0.2) is 60.4 Å². The van der Waals surface area contributed by atoms with E-state index in [-0.39, 0.29) is 11.3 Å². The number of likely N-dealkylation sites (tertiary alicyclic amines) is 1. The molecule has 7 heteroatoms. The van der Waals surface area contributed by atoms with E-state index in [2.05, 4.69) is 15.9 Å². The Hall–Kier alpha value is -2.64. The van der Waals surface area contributed by atoms with E-state index < -0.39 is 17.7 Å². The number of Topliss-reactive ketones (excluding diaryl/α,β-unsaturated/α-hetero) is 1. The summed E-state index contributed by atoms with van der Waals surface area (Å²) in [6.45, 7) is 5.53. The summed E-state index contributed by atoms with van der Waals surface area (Å²) in [7, 11) is 3.93. The maximum absolute atomic E-state index is 13.1. The predicted molar refractivity (Wildman–Crippen MR) is 129 cm³/mol. The molecule has 3 rings (SSSR count). The van der Waals surface area contributed by atoms with Gasteiger partial charge in [0.2, 0.25) is 0 Å². The molecule has 1 N–H and O–H groups in total. The third kappa shape index (κ3) is 5.05. The van der Waals surface area contributed by atoms with Gasteiger partial charge >= 0.3 is 0 Å². The molecule has 32 heavy (non-hydrogen) atoms. The first-order valence-electron chi connectivity index (χ1n) is 10.7. The Morgan fingerprint density at radius 1 is 1.16 bits per heavy atom. The molecule has 0 aliphatic carbocycles. The fourth-order valence-electron chi connectivity index (χ4n) is 3.93. The van der Waals surface area contributed by atoms with Crippen molar-refractivity contribution in [2.24, 2.45) is 0 Å². The molecule has 2 aromatic carbocycles. The van der Waals surface area contributed by atoms with E-state index >= 15 is 0 Å². The first-order valence-corrected chi connectivity index (χ1v) is 11.5. The lowest BCUT2D eigenvalue weighted by Gasteiger charge is -2.26. The number of nitrogens with zero attached hydrogens (tertiary/aromatic N) is 2. The summed E-state index contributed by atoms with van der Waals surface area (Å²) in [5.74, 6) is -0.692. The van der Waals surface area contributed by atoms with Crippen LogP contribution in [0, 0.1) is 6.92 Å². The Bertz CT molecular complexity index is 1030. The van der Waals surface area contributed by atoms with Gasteiger partial charge in [0.15, 0.2) is 0 Å². The zero-order valence-electron chi connectivity index (χ0n) is 18.9. The van der Waals surface area contributed by atoms with Crippen molar-refractivity contribution >= 4 is 33.4 Å². The monoisotopic (exact) mass is 500 g/mol. The van der Waals surface area contributed by atoms with Crippen LogP contribution in [0.1, 0.15) is 36.1 Å². The second-order valence-corrected chi connectivity index (χ2v) is 9.03. The number of ketones is 1. The van der Waals surface area contributed by atoms with Crippen molar-refractivity contribution in [1.29, 1.82) is 0 Å². The number of amides is 1. The summed E-state index contributed by atoms with van der Waals surface area (Å²) in [5.41, 5.74) is 2.22. The summed E-state index contributed by atoms with van der Waals surface area (Å²) in [5, 5.41) is 11.2. The average molecular weight is 501 g/mol. The van der Waals surface area contributed by atoms with Gasteiger partial charge in [-0.15, -0.1) is 0 Å². The van der Waals surface area contributed by atoms with Crippen molar-refractivity contribution in [3.63, 3.8) is 0 Å². The van der Waals surface area contributed by atoms with Crippen LogP contribution in [0.4, 0.5) is 0 Å². The van der Waals surface area contributed by atoms with Crippen LogP contribution in [0.2, 0.25) is 0 Å². The summed E-state index contributed by atoms with van der Waals surface area (Å²) in [6.07, 6.45) is 0.718. The largest absolute Gasteiger partial charge is 0.507 e. The van der Waals surface area contributed by atoms with Crippen LogP contribution in [0.5, 0.6) is 5.75 Å². The molecular formula is C25H29BrN2O4. The molecule has 6 nitrogen and oxygen atoms in total. The zero-order valence-corrected chi connectivity index (χ0v) is 20.5. The number of hydrogen-bond acceptors (Lipinski definition) is 5. The Morgan fingerprint density at radius 3 is 2.44 bits per heavy atom. The van der Waals surface area contributed by atoms with Gasteiger partial charge in [-0.1, -0.05) is 28.1 Å². The van der Waals surface area contributed by atoms with Gasteiger partial charge in [-0.3, -0.25) is 9.59 Å². The molecule has 1 aliphatic rings. The van der Waals surface area contributed by atoms with Crippen molar-refractivity contribution in [2.75, 3.05) is 33.8 Å². The lowest BCUT2D eigenvalue weighted by Crippen LogP contribution is -2.32. The average Bonchev–Trinajstić information content (AvgIpc) is 3.00. The van der Waals surface area contributed by atoms with Crippen LogP contribution in [-0.2, 0) is 9.59 Å². The fraction of sp³-hybridized carbons (Fsp3) is 0.360. The van der Waals surface area contributed by atoms with Gasteiger partial charge < -0.3 is 19.6 Å². The van der Waals surface area contributed by atoms with Gasteiger partial charge in [0, 0.05) is 16.6 Å². The lowest BCUT2D eigenvalue weighted by molar-refractivity contribution is -0.139. The highest BCUT2D eigenvalue weighted by molar-refractivity contribution is 9.10. The van der Waals surface area contributed by atoms with Gasteiger partial charge in [-0.05, 0) is 82.4 Å². The highest BCUT2D eigenvalue weighted by atomic mass is 79.9. The van der Waals surface area contributed by atoms with Gasteiger partial charge in [-0.2, -0.15) is 0 Å². The van der Waals surface area contributed by atoms with Crippen LogP contribution in [0.25, 0.3) is 5.76 Å². The van der Waals surface area contributed by atoms with Gasteiger partial charge in [0.25, 0.3) is 11.7 Å². The van der Waals surface area contributed by atoms with E-state index in [0.717, 1.165) is 34.3 Å². The normalized spacial score (nSPS) is 17.9. The standard InChI is InChI=1S/C25H29BrN2O4/c1-5-32-20-12-9-18(15-16(20)2)23(29)21-22(17-7-10-19(26)11-8-17)28(25(31)24(21)30)14-6-13-27(3)4/h7-12,15,22,29H,5-6,13-14H2,1-4H3/b23-21+. The van der Waals surface area contributed by atoms with E-state index in [1.54, 1.807) is 23.1 Å².